The maximum atomic E-state index is 10.7. The summed E-state index contributed by atoms with van der Waals surface area (Å²) in [7, 11) is 0. The van der Waals surface area contributed by atoms with Crippen LogP contribution in [0.5, 0.6) is 0 Å². The van der Waals surface area contributed by atoms with Gasteiger partial charge in [0.05, 0.1) is 17.2 Å². The van der Waals surface area contributed by atoms with E-state index in [1.165, 1.54) is 10.8 Å². The van der Waals surface area contributed by atoms with Crippen molar-refractivity contribution in [3.05, 3.63) is 83.9 Å². The standard InChI is InChI=1S/C20H14N2O/c23-14-16-11-9-15(10-12-16)13-21-22-19-7-3-1-5-17(19)18-6-2-4-8-20(18)22/h1-14H/b21-13+. The first-order chi connectivity index (χ1) is 11.4. The third-order valence-corrected chi connectivity index (χ3v) is 3.95. The number of hydrogen-bond acceptors (Lipinski definition) is 2. The van der Waals surface area contributed by atoms with E-state index in [9.17, 15) is 4.79 Å². The summed E-state index contributed by atoms with van der Waals surface area (Å²) in [4.78, 5) is 10.7. The van der Waals surface area contributed by atoms with Gasteiger partial charge in [-0.1, -0.05) is 60.7 Å². The van der Waals surface area contributed by atoms with Gasteiger partial charge in [-0.25, -0.2) is 4.68 Å². The Morgan fingerprint density at radius 3 is 1.78 bits per heavy atom. The molecule has 0 amide bonds. The molecule has 0 saturated heterocycles. The summed E-state index contributed by atoms with van der Waals surface area (Å²) in [5.41, 5.74) is 3.78. The molecule has 3 nitrogen and oxygen atoms in total. The van der Waals surface area contributed by atoms with Crippen molar-refractivity contribution in [1.82, 2.24) is 4.68 Å². The summed E-state index contributed by atoms with van der Waals surface area (Å²) in [6, 6.07) is 23.9. The summed E-state index contributed by atoms with van der Waals surface area (Å²) in [5.74, 6) is 0. The largest absolute Gasteiger partial charge is 0.298 e. The number of benzene rings is 3. The van der Waals surface area contributed by atoms with E-state index in [0.29, 0.717) is 5.56 Å². The molecule has 0 bridgehead atoms. The van der Waals surface area contributed by atoms with Crippen LogP contribution < -0.4 is 0 Å². The topological polar surface area (TPSA) is 34.4 Å². The Morgan fingerprint density at radius 2 is 1.22 bits per heavy atom. The smallest absolute Gasteiger partial charge is 0.150 e. The number of carbonyl (C=O) groups excluding carboxylic acids is 1. The molecule has 3 aromatic carbocycles. The Balaban J connectivity index is 1.86. The summed E-state index contributed by atoms with van der Waals surface area (Å²) in [6.45, 7) is 0. The van der Waals surface area contributed by atoms with Gasteiger partial charge < -0.3 is 0 Å². The zero-order valence-corrected chi connectivity index (χ0v) is 12.4. The van der Waals surface area contributed by atoms with E-state index >= 15 is 0 Å². The zero-order valence-electron chi connectivity index (χ0n) is 12.4. The molecule has 0 saturated carbocycles. The van der Waals surface area contributed by atoms with E-state index in [-0.39, 0.29) is 0 Å². The van der Waals surface area contributed by atoms with Crippen molar-refractivity contribution in [1.29, 1.82) is 0 Å². The molecule has 4 rings (SSSR count). The first-order valence-electron chi connectivity index (χ1n) is 7.44. The molecule has 3 heteroatoms. The highest BCUT2D eigenvalue weighted by Gasteiger charge is 2.08. The second-order valence-corrected chi connectivity index (χ2v) is 5.38. The summed E-state index contributed by atoms with van der Waals surface area (Å²) >= 11 is 0. The molecule has 23 heavy (non-hydrogen) atoms. The molecule has 0 atom stereocenters. The SMILES string of the molecule is O=Cc1ccc(/C=N/n2c3ccccc3c3ccccc32)cc1. The van der Waals surface area contributed by atoms with Gasteiger partial charge in [0, 0.05) is 16.3 Å². The highest BCUT2D eigenvalue weighted by atomic mass is 16.1. The van der Waals surface area contributed by atoms with E-state index in [1.54, 1.807) is 12.1 Å². The normalized spacial score (nSPS) is 11.5. The summed E-state index contributed by atoms with van der Waals surface area (Å²) in [5, 5.41) is 7.03. The van der Waals surface area contributed by atoms with Crippen LogP contribution in [-0.4, -0.2) is 17.2 Å². The minimum absolute atomic E-state index is 0.666. The molecule has 4 aromatic rings. The van der Waals surface area contributed by atoms with Crippen molar-refractivity contribution in [3.8, 4) is 0 Å². The third-order valence-electron chi connectivity index (χ3n) is 3.95. The monoisotopic (exact) mass is 298 g/mol. The highest BCUT2D eigenvalue weighted by Crippen LogP contribution is 2.28. The Kier molecular flexibility index (Phi) is 3.24. The molecule has 0 aliphatic rings. The number of para-hydroxylation sites is 2. The van der Waals surface area contributed by atoms with Crippen molar-refractivity contribution in [2.45, 2.75) is 0 Å². The fourth-order valence-electron chi connectivity index (χ4n) is 2.81. The van der Waals surface area contributed by atoms with Crippen LogP contribution in [0.1, 0.15) is 15.9 Å². The van der Waals surface area contributed by atoms with Gasteiger partial charge in [0.15, 0.2) is 0 Å². The van der Waals surface area contributed by atoms with E-state index in [0.717, 1.165) is 22.9 Å². The number of hydrogen-bond donors (Lipinski definition) is 0. The van der Waals surface area contributed by atoms with E-state index in [1.807, 2.05) is 47.3 Å². The Hall–Kier alpha value is -3.20. The van der Waals surface area contributed by atoms with E-state index in [2.05, 4.69) is 29.4 Å². The molecule has 1 aromatic heterocycles. The molecule has 110 valence electrons. The molecule has 0 spiro atoms. The lowest BCUT2D eigenvalue weighted by atomic mass is 10.2. The average molecular weight is 298 g/mol. The van der Waals surface area contributed by atoms with Crippen LogP contribution in [0.4, 0.5) is 0 Å². The van der Waals surface area contributed by atoms with Crippen LogP contribution in [-0.2, 0) is 0 Å². The van der Waals surface area contributed by atoms with E-state index < -0.39 is 0 Å². The number of aromatic nitrogens is 1. The molecule has 0 unspecified atom stereocenters. The molecule has 1 heterocycles. The van der Waals surface area contributed by atoms with Gasteiger partial charge in [0.1, 0.15) is 6.29 Å². The maximum Gasteiger partial charge on any atom is 0.150 e. The predicted octanol–water partition coefficient (Wildman–Crippen LogP) is 4.49. The van der Waals surface area contributed by atoms with E-state index in [4.69, 9.17) is 0 Å². The van der Waals surface area contributed by atoms with Gasteiger partial charge in [0.2, 0.25) is 0 Å². The van der Waals surface area contributed by atoms with Gasteiger partial charge in [-0.2, -0.15) is 5.10 Å². The molecule has 0 radical (unpaired) electrons. The lowest BCUT2D eigenvalue weighted by Gasteiger charge is -2.00. The average Bonchev–Trinajstić information content (AvgIpc) is 2.94. The number of carbonyl (C=O) groups is 1. The van der Waals surface area contributed by atoms with Crippen molar-refractivity contribution < 1.29 is 4.79 Å². The van der Waals surface area contributed by atoms with Crippen LogP contribution in [0.15, 0.2) is 77.9 Å². The predicted molar refractivity (Wildman–Crippen MR) is 94.3 cm³/mol. The number of rotatable bonds is 3. The van der Waals surface area contributed by atoms with Crippen LogP contribution in [0.2, 0.25) is 0 Å². The summed E-state index contributed by atoms with van der Waals surface area (Å²) in [6.07, 6.45) is 2.65. The first-order valence-corrected chi connectivity index (χ1v) is 7.44. The fraction of sp³-hybridized carbons (Fsp3) is 0. The quantitative estimate of drug-likeness (QED) is 0.405. The van der Waals surface area contributed by atoms with Gasteiger partial charge in [-0.05, 0) is 17.7 Å². The van der Waals surface area contributed by atoms with Crippen molar-refractivity contribution in [2.24, 2.45) is 5.10 Å². The molecule has 0 fully saturated rings. The fourth-order valence-corrected chi connectivity index (χ4v) is 2.81. The van der Waals surface area contributed by atoms with Gasteiger partial charge in [-0.15, -0.1) is 0 Å². The molecular formula is C20H14N2O. The molecule has 0 aliphatic heterocycles. The van der Waals surface area contributed by atoms with Crippen molar-refractivity contribution >= 4 is 34.3 Å². The zero-order chi connectivity index (χ0) is 15.6. The lowest BCUT2D eigenvalue weighted by molar-refractivity contribution is 0.112. The first kappa shape index (κ1) is 13.5. The highest BCUT2D eigenvalue weighted by molar-refractivity contribution is 6.08. The number of fused-ring (bicyclic) bond motifs is 3. The van der Waals surface area contributed by atoms with Crippen LogP contribution in [0.25, 0.3) is 21.8 Å². The van der Waals surface area contributed by atoms with Crippen LogP contribution in [0, 0.1) is 0 Å². The Morgan fingerprint density at radius 1 is 0.696 bits per heavy atom. The molecular weight excluding hydrogens is 284 g/mol. The maximum absolute atomic E-state index is 10.7. The minimum Gasteiger partial charge on any atom is -0.298 e. The van der Waals surface area contributed by atoms with Gasteiger partial charge >= 0.3 is 0 Å². The third kappa shape index (κ3) is 2.32. The lowest BCUT2D eigenvalue weighted by Crippen LogP contribution is -1.91. The number of nitrogens with zero attached hydrogens (tertiary/aromatic N) is 2. The molecule has 0 N–H and O–H groups in total. The van der Waals surface area contributed by atoms with Gasteiger partial charge in [0.25, 0.3) is 0 Å². The molecule has 0 aliphatic carbocycles. The Labute approximate surface area is 133 Å². The second-order valence-electron chi connectivity index (χ2n) is 5.38. The Bertz CT molecular complexity index is 973. The summed E-state index contributed by atoms with van der Waals surface area (Å²) < 4.78 is 1.96. The van der Waals surface area contributed by atoms with Crippen LogP contribution in [0.3, 0.4) is 0 Å². The van der Waals surface area contributed by atoms with Crippen molar-refractivity contribution in [2.75, 3.05) is 0 Å². The van der Waals surface area contributed by atoms with Crippen molar-refractivity contribution in [3.63, 3.8) is 0 Å². The minimum atomic E-state index is 0.666. The second kappa shape index (κ2) is 5.54. The van der Waals surface area contributed by atoms with Gasteiger partial charge in [-0.3, -0.25) is 4.79 Å². The number of aldehydes is 1. The van der Waals surface area contributed by atoms with Crippen LogP contribution >= 0.6 is 0 Å².